The number of amides is 4. The van der Waals surface area contributed by atoms with Gasteiger partial charge in [-0.15, -0.1) is 0 Å². The van der Waals surface area contributed by atoms with Gasteiger partial charge in [-0.05, 0) is 37.0 Å². The number of benzene rings is 1. The highest BCUT2D eigenvalue weighted by Crippen LogP contribution is 2.29. The van der Waals surface area contributed by atoms with E-state index >= 15 is 0 Å². The Hall–Kier alpha value is -2.57. The maximum absolute atomic E-state index is 12.4. The Balaban J connectivity index is 1.51. The maximum atomic E-state index is 12.4. The molecule has 2 fully saturated rings. The number of carbonyl (C=O) groups excluding carboxylic acids is 3. The van der Waals surface area contributed by atoms with Crippen LogP contribution in [0.25, 0.3) is 0 Å². The van der Waals surface area contributed by atoms with Gasteiger partial charge in [0.1, 0.15) is 11.3 Å². The van der Waals surface area contributed by atoms with E-state index < -0.39 is 5.54 Å². The molecular weight excluding hydrogens is 322 g/mol. The van der Waals surface area contributed by atoms with Crippen molar-refractivity contribution >= 4 is 17.8 Å². The lowest BCUT2D eigenvalue weighted by atomic mass is 9.87. The average Bonchev–Trinajstić information content (AvgIpc) is 2.84. The summed E-state index contributed by atoms with van der Waals surface area (Å²) in [7, 11) is 3.11. The van der Waals surface area contributed by atoms with E-state index in [-0.39, 0.29) is 17.8 Å². The fraction of sp³-hybridized carbons (Fsp3) is 0.500. The summed E-state index contributed by atoms with van der Waals surface area (Å²) in [6.07, 6.45) is 2.04. The second kappa shape index (κ2) is 6.74. The summed E-state index contributed by atoms with van der Waals surface area (Å²) in [6, 6.07) is 7.33. The number of piperidine rings is 1. The number of rotatable bonds is 4. The molecule has 0 bridgehead atoms. The van der Waals surface area contributed by atoms with E-state index in [0.717, 1.165) is 16.2 Å². The molecule has 7 heteroatoms. The molecule has 2 aliphatic rings. The number of nitrogens with zero attached hydrogens (tertiary/aromatic N) is 2. The topological polar surface area (TPSA) is 79.0 Å². The fourth-order valence-corrected chi connectivity index (χ4v) is 3.43. The third-order valence-corrected chi connectivity index (χ3v) is 5.12. The van der Waals surface area contributed by atoms with Crippen molar-refractivity contribution in [2.75, 3.05) is 27.2 Å². The third kappa shape index (κ3) is 3.31. The highest BCUT2D eigenvalue weighted by molar-refractivity contribution is 6.06. The SMILES string of the molecule is COc1ccc(CCC(=O)N2CCC3(CC2)NC(=O)N(C)C3=O)cc1. The molecule has 1 aromatic rings. The first-order valence-corrected chi connectivity index (χ1v) is 8.46. The van der Waals surface area contributed by atoms with Gasteiger partial charge in [-0.1, -0.05) is 12.1 Å². The van der Waals surface area contributed by atoms with E-state index in [4.69, 9.17) is 4.74 Å². The van der Waals surface area contributed by atoms with Crippen LogP contribution in [0.2, 0.25) is 0 Å². The van der Waals surface area contributed by atoms with E-state index in [0.29, 0.717) is 38.8 Å². The quantitative estimate of drug-likeness (QED) is 0.831. The average molecular weight is 345 g/mol. The van der Waals surface area contributed by atoms with Crippen LogP contribution in [0.5, 0.6) is 5.75 Å². The third-order valence-electron chi connectivity index (χ3n) is 5.12. The number of carbonyl (C=O) groups is 3. The zero-order valence-electron chi connectivity index (χ0n) is 14.6. The molecule has 1 spiro atoms. The van der Waals surface area contributed by atoms with Crippen molar-refractivity contribution in [3.63, 3.8) is 0 Å². The lowest BCUT2D eigenvalue weighted by molar-refractivity contribution is -0.138. The van der Waals surface area contributed by atoms with Gasteiger partial charge in [0.25, 0.3) is 5.91 Å². The van der Waals surface area contributed by atoms with Crippen LogP contribution in [0, 0.1) is 0 Å². The van der Waals surface area contributed by atoms with Crippen molar-refractivity contribution in [1.82, 2.24) is 15.1 Å². The van der Waals surface area contributed by atoms with Gasteiger partial charge in [0.05, 0.1) is 7.11 Å². The number of aryl methyl sites for hydroxylation is 1. The van der Waals surface area contributed by atoms with Crippen molar-refractivity contribution in [1.29, 1.82) is 0 Å². The van der Waals surface area contributed by atoms with Gasteiger partial charge in [-0.3, -0.25) is 14.5 Å². The predicted octanol–water partition coefficient (Wildman–Crippen LogP) is 1.17. The number of imide groups is 1. The van der Waals surface area contributed by atoms with Gasteiger partial charge in [-0.25, -0.2) is 4.79 Å². The lowest BCUT2D eigenvalue weighted by Gasteiger charge is -2.37. The molecule has 1 N–H and O–H groups in total. The molecule has 4 amide bonds. The van der Waals surface area contributed by atoms with E-state index in [9.17, 15) is 14.4 Å². The highest BCUT2D eigenvalue weighted by atomic mass is 16.5. The summed E-state index contributed by atoms with van der Waals surface area (Å²) >= 11 is 0. The summed E-state index contributed by atoms with van der Waals surface area (Å²) in [5.41, 5.74) is 0.265. The summed E-state index contributed by atoms with van der Waals surface area (Å²) in [4.78, 5) is 39.3. The number of methoxy groups -OCH3 is 1. The number of hydrogen-bond donors (Lipinski definition) is 1. The van der Waals surface area contributed by atoms with Crippen LogP contribution >= 0.6 is 0 Å². The number of likely N-dealkylation sites (tertiary alicyclic amines) is 1. The molecule has 3 rings (SSSR count). The van der Waals surface area contributed by atoms with E-state index in [1.165, 1.54) is 7.05 Å². The zero-order chi connectivity index (χ0) is 18.0. The second-order valence-electron chi connectivity index (χ2n) is 6.61. The van der Waals surface area contributed by atoms with Crippen LogP contribution in [0.15, 0.2) is 24.3 Å². The molecular formula is C18H23N3O4. The molecule has 1 aromatic carbocycles. The Morgan fingerprint density at radius 1 is 1.20 bits per heavy atom. The van der Waals surface area contributed by atoms with Crippen molar-refractivity contribution in [3.8, 4) is 5.75 Å². The van der Waals surface area contributed by atoms with Crippen molar-refractivity contribution in [2.24, 2.45) is 0 Å². The van der Waals surface area contributed by atoms with Gasteiger partial charge in [0, 0.05) is 26.6 Å². The molecule has 0 aliphatic carbocycles. The van der Waals surface area contributed by atoms with Crippen molar-refractivity contribution < 1.29 is 19.1 Å². The minimum atomic E-state index is -0.821. The first-order chi connectivity index (χ1) is 11.9. The molecule has 2 heterocycles. The highest BCUT2D eigenvalue weighted by Gasteiger charge is 2.51. The second-order valence-corrected chi connectivity index (χ2v) is 6.61. The van der Waals surface area contributed by atoms with Crippen LogP contribution in [-0.2, 0) is 16.0 Å². The molecule has 0 unspecified atom stereocenters. The largest absolute Gasteiger partial charge is 0.497 e. The van der Waals surface area contributed by atoms with Crippen LogP contribution in [-0.4, -0.2) is 60.4 Å². The minimum absolute atomic E-state index is 0.0794. The summed E-state index contributed by atoms with van der Waals surface area (Å²) < 4.78 is 5.12. The van der Waals surface area contributed by atoms with Crippen LogP contribution in [0.1, 0.15) is 24.8 Å². The number of hydrogen-bond acceptors (Lipinski definition) is 4. The van der Waals surface area contributed by atoms with Crippen molar-refractivity contribution in [2.45, 2.75) is 31.2 Å². The van der Waals surface area contributed by atoms with Crippen LogP contribution in [0.4, 0.5) is 4.79 Å². The molecule has 0 aromatic heterocycles. The van der Waals surface area contributed by atoms with E-state index in [1.807, 2.05) is 24.3 Å². The molecule has 7 nitrogen and oxygen atoms in total. The Labute approximate surface area is 146 Å². The van der Waals surface area contributed by atoms with Gasteiger partial charge in [0.15, 0.2) is 0 Å². The van der Waals surface area contributed by atoms with Gasteiger partial charge in [-0.2, -0.15) is 0 Å². The first kappa shape index (κ1) is 17.3. The Morgan fingerprint density at radius 3 is 2.36 bits per heavy atom. The number of urea groups is 1. The van der Waals surface area contributed by atoms with Gasteiger partial charge >= 0.3 is 6.03 Å². The molecule has 25 heavy (non-hydrogen) atoms. The van der Waals surface area contributed by atoms with Crippen molar-refractivity contribution in [3.05, 3.63) is 29.8 Å². The summed E-state index contributed by atoms with van der Waals surface area (Å²) in [6.45, 7) is 0.975. The minimum Gasteiger partial charge on any atom is -0.497 e. The normalized spacial score (nSPS) is 19.3. The lowest BCUT2D eigenvalue weighted by Crippen LogP contribution is -2.55. The number of ether oxygens (including phenoxy) is 1. The first-order valence-electron chi connectivity index (χ1n) is 8.46. The molecule has 2 saturated heterocycles. The van der Waals surface area contributed by atoms with Crippen LogP contribution in [0.3, 0.4) is 0 Å². The summed E-state index contributed by atoms with van der Waals surface area (Å²) in [5.74, 6) is 0.684. The van der Waals surface area contributed by atoms with Crippen LogP contribution < -0.4 is 10.1 Å². The molecule has 0 atom stereocenters. The maximum Gasteiger partial charge on any atom is 0.324 e. The van der Waals surface area contributed by atoms with Gasteiger partial charge < -0.3 is 15.0 Å². The zero-order valence-corrected chi connectivity index (χ0v) is 14.6. The van der Waals surface area contributed by atoms with Gasteiger partial charge in [0.2, 0.25) is 5.91 Å². The number of likely N-dealkylation sites (N-methyl/N-ethyl adjacent to an activating group) is 1. The molecule has 0 saturated carbocycles. The summed E-state index contributed by atoms with van der Waals surface area (Å²) in [5, 5.41) is 2.78. The number of nitrogens with one attached hydrogen (secondary N) is 1. The fourth-order valence-electron chi connectivity index (χ4n) is 3.43. The predicted molar refractivity (Wildman–Crippen MR) is 91.2 cm³/mol. The van der Waals surface area contributed by atoms with E-state index in [2.05, 4.69) is 5.32 Å². The molecule has 2 aliphatic heterocycles. The smallest absolute Gasteiger partial charge is 0.324 e. The Morgan fingerprint density at radius 2 is 1.84 bits per heavy atom. The molecule has 134 valence electrons. The molecule has 0 radical (unpaired) electrons. The Bertz CT molecular complexity index is 678. The standard InChI is InChI=1S/C18H23N3O4/c1-20-16(23)18(19-17(20)24)9-11-21(12-10-18)15(22)8-5-13-3-6-14(25-2)7-4-13/h3-4,6-7H,5,8-12H2,1-2H3,(H,19,24). The Kier molecular flexibility index (Phi) is 4.65. The van der Waals surface area contributed by atoms with E-state index in [1.54, 1.807) is 12.0 Å². The monoisotopic (exact) mass is 345 g/mol.